The van der Waals surface area contributed by atoms with E-state index in [1.807, 2.05) is 18.2 Å². The molecule has 4 rings (SSSR count). The lowest BCUT2D eigenvalue weighted by molar-refractivity contribution is 0.0949. The van der Waals surface area contributed by atoms with Crippen molar-refractivity contribution in [1.82, 2.24) is 14.9 Å². The van der Waals surface area contributed by atoms with Crippen LogP contribution in [0, 0.1) is 0 Å². The number of para-hydroxylation sites is 1. The number of carbonyl (C=O) groups excluding carboxylic acids is 1. The summed E-state index contributed by atoms with van der Waals surface area (Å²) >= 11 is 5.89. The second kappa shape index (κ2) is 7.34. The number of imidazole rings is 1. The Morgan fingerprint density at radius 1 is 1.04 bits per heavy atom. The van der Waals surface area contributed by atoms with Crippen molar-refractivity contribution in [2.24, 2.45) is 0 Å². The van der Waals surface area contributed by atoms with Crippen LogP contribution >= 0.6 is 11.6 Å². The molecule has 1 aromatic heterocycles. The van der Waals surface area contributed by atoms with Gasteiger partial charge >= 0.3 is 0 Å². The Hall–Kier alpha value is -2.59. The van der Waals surface area contributed by atoms with Gasteiger partial charge in [-0.3, -0.25) is 9.36 Å². The van der Waals surface area contributed by atoms with E-state index >= 15 is 0 Å². The van der Waals surface area contributed by atoms with E-state index in [1.165, 1.54) is 18.5 Å². The van der Waals surface area contributed by atoms with Gasteiger partial charge in [-0.2, -0.15) is 0 Å². The number of nitrogens with one attached hydrogen (secondary N) is 1. The molecule has 4 nitrogen and oxygen atoms in total. The molecule has 1 aliphatic carbocycles. The fourth-order valence-corrected chi connectivity index (χ4v) is 3.59. The summed E-state index contributed by atoms with van der Waals surface area (Å²) in [6.45, 7) is 0.392. The number of aryl methyl sites for hydroxylation is 1. The highest BCUT2D eigenvalue weighted by Gasteiger charge is 2.21. The van der Waals surface area contributed by atoms with Crippen LogP contribution in [-0.2, 0) is 19.4 Å². The summed E-state index contributed by atoms with van der Waals surface area (Å²) in [4.78, 5) is 17.3. The molecule has 1 heterocycles. The normalized spacial score (nSPS) is 13.3. The maximum Gasteiger partial charge on any atom is 0.251 e. The van der Waals surface area contributed by atoms with Gasteiger partial charge in [0.1, 0.15) is 5.82 Å². The van der Waals surface area contributed by atoms with E-state index in [2.05, 4.69) is 22.0 Å². The average Bonchev–Trinajstić information content (AvgIpc) is 3.05. The molecule has 2 aromatic carbocycles. The standard InChI is InChI=1S/C21H20ClN3O/c22-16-12-10-15(11-13-16)21(26)23-14-20-24-18-8-4-5-9-19(18)25(20)17-6-2-1-3-7-17/h1-3,6-7,10-13H,4-5,8-9,14H2,(H,23,26). The molecule has 26 heavy (non-hydrogen) atoms. The predicted molar refractivity (Wildman–Crippen MR) is 103 cm³/mol. The molecule has 1 aliphatic rings. The van der Waals surface area contributed by atoms with Crippen LogP contribution in [0.4, 0.5) is 0 Å². The van der Waals surface area contributed by atoms with Crippen molar-refractivity contribution in [3.05, 3.63) is 82.4 Å². The molecule has 3 aromatic rings. The Bertz CT molecular complexity index is 916. The molecule has 0 radical (unpaired) electrons. The fraction of sp³-hybridized carbons (Fsp3) is 0.238. The van der Waals surface area contributed by atoms with Crippen LogP contribution in [0.2, 0.25) is 5.02 Å². The first kappa shape index (κ1) is 16.9. The third-order valence-corrected chi connectivity index (χ3v) is 4.98. The van der Waals surface area contributed by atoms with E-state index in [0.717, 1.165) is 30.0 Å². The Balaban J connectivity index is 1.61. The van der Waals surface area contributed by atoms with Crippen molar-refractivity contribution in [1.29, 1.82) is 0 Å². The molecule has 0 spiro atoms. The van der Waals surface area contributed by atoms with Gasteiger partial charge in [-0.1, -0.05) is 29.8 Å². The first-order valence-corrected chi connectivity index (χ1v) is 9.29. The predicted octanol–water partition coefficient (Wildman–Crippen LogP) is 4.33. The number of aromatic nitrogens is 2. The number of hydrogen-bond donors (Lipinski definition) is 1. The smallest absolute Gasteiger partial charge is 0.251 e. The highest BCUT2D eigenvalue weighted by molar-refractivity contribution is 6.30. The lowest BCUT2D eigenvalue weighted by Crippen LogP contribution is -2.24. The van der Waals surface area contributed by atoms with Crippen LogP contribution in [-0.4, -0.2) is 15.5 Å². The van der Waals surface area contributed by atoms with Gasteiger partial charge < -0.3 is 5.32 Å². The molecule has 0 unspecified atom stereocenters. The van der Waals surface area contributed by atoms with Gasteiger partial charge in [0.2, 0.25) is 0 Å². The third-order valence-electron chi connectivity index (χ3n) is 4.73. The number of benzene rings is 2. The van der Waals surface area contributed by atoms with Gasteiger partial charge in [0.25, 0.3) is 5.91 Å². The van der Waals surface area contributed by atoms with E-state index in [-0.39, 0.29) is 5.91 Å². The number of carbonyl (C=O) groups is 1. The number of fused-ring (bicyclic) bond motifs is 1. The monoisotopic (exact) mass is 365 g/mol. The first-order valence-electron chi connectivity index (χ1n) is 8.91. The zero-order chi connectivity index (χ0) is 17.9. The SMILES string of the molecule is O=C(NCc1nc2c(n1-c1ccccc1)CCCC2)c1ccc(Cl)cc1. The van der Waals surface area contributed by atoms with Crippen molar-refractivity contribution in [3.8, 4) is 5.69 Å². The summed E-state index contributed by atoms with van der Waals surface area (Å²) in [5, 5.41) is 3.61. The highest BCUT2D eigenvalue weighted by atomic mass is 35.5. The maximum absolute atomic E-state index is 12.4. The van der Waals surface area contributed by atoms with Crippen LogP contribution < -0.4 is 5.32 Å². The van der Waals surface area contributed by atoms with Crippen LogP contribution in [0.5, 0.6) is 0 Å². The van der Waals surface area contributed by atoms with E-state index < -0.39 is 0 Å². The molecule has 0 aliphatic heterocycles. The molecule has 1 N–H and O–H groups in total. The molecule has 1 amide bonds. The molecule has 0 atom stereocenters. The van der Waals surface area contributed by atoms with E-state index in [9.17, 15) is 4.79 Å². The summed E-state index contributed by atoms with van der Waals surface area (Å²) in [6, 6.07) is 17.1. The molecule has 132 valence electrons. The van der Waals surface area contributed by atoms with Gasteiger partial charge in [-0.25, -0.2) is 4.98 Å². The molecule has 0 bridgehead atoms. The van der Waals surface area contributed by atoms with Crippen LogP contribution in [0.25, 0.3) is 5.69 Å². The molecule has 0 saturated heterocycles. The Morgan fingerprint density at radius 2 is 1.77 bits per heavy atom. The topological polar surface area (TPSA) is 46.9 Å². The lowest BCUT2D eigenvalue weighted by atomic mass is 10.0. The van der Waals surface area contributed by atoms with Crippen LogP contribution in [0.1, 0.15) is 40.4 Å². The Kier molecular flexibility index (Phi) is 4.76. The third kappa shape index (κ3) is 3.37. The first-order chi connectivity index (χ1) is 12.7. The fourth-order valence-electron chi connectivity index (χ4n) is 3.46. The average molecular weight is 366 g/mol. The molecule has 0 fully saturated rings. The van der Waals surface area contributed by atoms with Gasteiger partial charge in [0.05, 0.1) is 12.2 Å². The second-order valence-corrected chi connectivity index (χ2v) is 6.93. The molecular formula is C21H20ClN3O. The lowest BCUT2D eigenvalue weighted by Gasteiger charge is -2.15. The Morgan fingerprint density at radius 3 is 2.54 bits per heavy atom. The van der Waals surface area contributed by atoms with Crippen molar-refractivity contribution in [3.63, 3.8) is 0 Å². The van der Waals surface area contributed by atoms with Crippen LogP contribution in [0.3, 0.4) is 0 Å². The summed E-state index contributed by atoms with van der Waals surface area (Å²) in [5.41, 5.74) is 4.13. The quantitative estimate of drug-likeness (QED) is 0.747. The molecular weight excluding hydrogens is 346 g/mol. The summed E-state index contributed by atoms with van der Waals surface area (Å²) in [5.74, 6) is 0.757. The van der Waals surface area contributed by atoms with Crippen molar-refractivity contribution in [2.75, 3.05) is 0 Å². The number of hydrogen-bond acceptors (Lipinski definition) is 2. The van der Waals surface area contributed by atoms with E-state index in [0.29, 0.717) is 17.1 Å². The molecule has 5 heteroatoms. The van der Waals surface area contributed by atoms with Gasteiger partial charge in [-0.15, -0.1) is 0 Å². The molecule has 0 saturated carbocycles. The second-order valence-electron chi connectivity index (χ2n) is 6.49. The summed E-state index contributed by atoms with van der Waals surface area (Å²) in [6.07, 6.45) is 4.40. The number of nitrogens with zero attached hydrogens (tertiary/aromatic N) is 2. The van der Waals surface area contributed by atoms with E-state index in [4.69, 9.17) is 16.6 Å². The summed E-state index contributed by atoms with van der Waals surface area (Å²) < 4.78 is 2.20. The van der Waals surface area contributed by atoms with Gasteiger partial charge in [0, 0.05) is 22.0 Å². The van der Waals surface area contributed by atoms with E-state index in [1.54, 1.807) is 24.3 Å². The van der Waals surface area contributed by atoms with Gasteiger partial charge in [0.15, 0.2) is 0 Å². The number of amides is 1. The maximum atomic E-state index is 12.4. The van der Waals surface area contributed by atoms with Crippen molar-refractivity contribution in [2.45, 2.75) is 32.2 Å². The number of halogens is 1. The van der Waals surface area contributed by atoms with Crippen LogP contribution in [0.15, 0.2) is 54.6 Å². The van der Waals surface area contributed by atoms with Crippen molar-refractivity contribution < 1.29 is 4.79 Å². The minimum Gasteiger partial charge on any atom is -0.345 e. The largest absolute Gasteiger partial charge is 0.345 e. The minimum atomic E-state index is -0.123. The van der Waals surface area contributed by atoms with Crippen molar-refractivity contribution >= 4 is 17.5 Å². The number of rotatable bonds is 4. The zero-order valence-electron chi connectivity index (χ0n) is 14.4. The zero-order valence-corrected chi connectivity index (χ0v) is 15.2. The summed E-state index contributed by atoms with van der Waals surface area (Å²) in [7, 11) is 0. The highest BCUT2D eigenvalue weighted by Crippen LogP contribution is 2.25. The van der Waals surface area contributed by atoms with Gasteiger partial charge in [-0.05, 0) is 62.1 Å². The Labute approximate surface area is 157 Å². The minimum absolute atomic E-state index is 0.123.